The zero-order valence-corrected chi connectivity index (χ0v) is 18.1. The quantitative estimate of drug-likeness (QED) is 0.336. The van der Waals surface area contributed by atoms with Crippen LogP contribution in [0.25, 0.3) is 0 Å². The molecule has 0 bridgehead atoms. The minimum Gasteiger partial charge on any atom is -0.444 e. The van der Waals surface area contributed by atoms with E-state index >= 15 is 0 Å². The first-order valence-electron chi connectivity index (χ1n) is 8.09. The number of aliphatic imine (C=N–C) groups is 1. The monoisotopic (exact) mass is 442 g/mol. The largest absolute Gasteiger partial charge is 0.444 e. The molecule has 0 heterocycles. The minimum atomic E-state index is -0.497. The second kappa shape index (κ2) is 11.8. The second-order valence-corrected chi connectivity index (χ2v) is 7.02. The molecule has 0 aromatic carbocycles. The standard InChI is InChI=1S/C16H34N4O2.HI/c1-9-17-14(19-12(4)5)18-10-13(11(2)3)20-15(21)22-16(6,7)8;/h11-13H,9-10H2,1-8H3,(H,20,21)(H2,17,18,19);1H. The SMILES string of the molecule is CCNC(=NCC(NC(=O)OC(C)(C)C)C(C)C)NC(C)C.I. The zero-order valence-electron chi connectivity index (χ0n) is 15.8. The van der Waals surface area contributed by atoms with Crippen LogP contribution < -0.4 is 16.0 Å². The van der Waals surface area contributed by atoms with Gasteiger partial charge in [-0.2, -0.15) is 0 Å². The van der Waals surface area contributed by atoms with E-state index in [0.717, 1.165) is 12.5 Å². The Hall–Kier alpha value is -0.730. The van der Waals surface area contributed by atoms with Gasteiger partial charge in [-0.15, -0.1) is 24.0 Å². The first kappa shape index (κ1) is 24.5. The lowest BCUT2D eigenvalue weighted by Gasteiger charge is -2.25. The summed E-state index contributed by atoms with van der Waals surface area (Å²) >= 11 is 0. The number of carbonyl (C=O) groups excluding carboxylic acids is 1. The first-order chi connectivity index (χ1) is 10.0. The number of hydrogen-bond donors (Lipinski definition) is 3. The summed E-state index contributed by atoms with van der Waals surface area (Å²) in [6.07, 6.45) is -0.400. The maximum atomic E-state index is 11.9. The summed E-state index contributed by atoms with van der Waals surface area (Å²) in [7, 11) is 0. The van der Waals surface area contributed by atoms with Crippen molar-refractivity contribution < 1.29 is 9.53 Å². The fourth-order valence-corrected chi connectivity index (χ4v) is 1.67. The molecule has 0 aliphatic rings. The Bertz CT molecular complexity index is 366. The maximum absolute atomic E-state index is 11.9. The third kappa shape index (κ3) is 13.4. The topological polar surface area (TPSA) is 74.8 Å². The van der Waals surface area contributed by atoms with Crippen molar-refractivity contribution in [1.29, 1.82) is 0 Å². The summed E-state index contributed by atoms with van der Waals surface area (Å²) in [4.78, 5) is 16.5. The molecular formula is C16H35IN4O2. The van der Waals surface area contributed by atoms with Crippen LogP contribution in [-0.2, 0) is 4.74 Å². The van der Waals surface area contributed by atoms with Crippen LogP contribution in [0, 0.1) is 5.92 Å². The molecule has 7 heteroatoms. The summed E-state index contributed by atoms with van der Waals surface area (Å²) in [5, 5.41) is 9.36. The molecule has 0 aliphatic heterocycles. The van der Waals surface area contributed by atoms with Gasteiger partial charge in [0.05, 0.1) is 12.6 Å². The molecule has 0 saturated carbocycles. The lowest BCUT2D eigenvalue weighted by Crippen LogP contribution is -2.45. The van der Waals surface area contributed by atoms with E-state index in [1.807, 2.05) is 27.7 Å². The third-order valence-corrected chi connectivity index (χ3v) is 2.72. The van der Waals surface area contributed by atoms with Crippen molar-refractivity contribution in [2.24, 2.45) is 10.9 Å². The van der Waals surface area contributed by atoms with Crippen molar-refractivity contribution in [2.45, 2.75) is 73.1 Å². The molecule has 23 heavy (non-hydrogen) atoms. The molecule has 0 aliphatic carbocycles. The van der Waals surface area contributed by atoms with E-state index in [2.05, 4.69) is 48.6 Å². The van der Waals surface area contributed by atoms with Gasteiger partial charge in [-0.05, 0) is 47.5 Å². The number of nitrogens with zero attached hydrogens (tertiary/aromatic N) is 1. The summed E-state index contributed by atoms with van der Waals surface area (Å²) in [6.45, 7) is 17.1. The zero-order chi connectivity index (χ0) is 17.3. The number of amides is 1. The minimum absolute atomic E-state index is 0. The van der Waals surface area contributed by atoms with Crippen LogP contribution in [-0.4, -0.2) is 42.8 Å². The van der Waals surface area contributed by atoms with E-state index < -0.39 is 11.7 Å². The van der Waals surface area contributed by atoms with E-state index in [1.54, 1.807) is 0 Å². The predicted molar refractivity (Wildman–Crippen MR) is 108 cm³/mol. The summed E-state index contributed by atoms with van der Waals surface area (Å²) in [5.74, 6) is 1.02. The highest BCUT2D eigenvalue weighted by atomic mass is 127. The van der Waals surface area contributed by atoms with E-state index in [9.17, 15) is 4.79 Å². The molecule has 6 nitrogen and oxygen atoms in total. The van der Waals surface area contributed by atoms with Gasteiger partial charge in [0.25, 0.3) is 0 Å². The van der Waals surface area contributed by atoms with Gasteiger partial charge in [-0.25, -0.2) is 4.79 Å². The highest BCUT2D eigenvalue weighted by Crippen LogP contribution is 2.09. The highest BCUT2D eigenvalue weighted by molar-refractivity contribution is 14.0. The molecule has 0 radical (unpaired) electrons. The Balaban J connectivity index is 0. The molecule has 1 unspecified atom stereocenters. The average Bonchev–Trinajstić information content (AvgIpc) is 2.31. The van der Waals surface area contributed by atoms with E-state index in [0.29, 0.717) is 12.6 Å². The van der Waals surface area contributed by atoms with Crippen LogP contribution in [0.2, 0.25) is 0 Å². The van der Waals surface area contributed by atoms with Crippen LogP contribution in [0.5, 0.6) is 0 Å². The van der Waals surface area contributed by atoms with Gasteiger partial charge in [0, 0.05) is 12.6 Å². The van der Waals surface area contributed by atoms with Crippen molar-refractivity contribution in [2.75, 3.05) is 13.1 Å². The number of ether oxygens (including phenoxy) is 1. The fraction of sp³-hybridized carbons (Fsp3) is 0.875. The summed E-state index contributed by atoms with van der Waals surface area (Å²) in [5.41, 5.74) is -0.497. The van der Waals surface area contributed by atoms with Crippen LogP contribution >= 0.6 is 24.0 Å². The Morgan fingerprint density at radius 3 is 2.09 bits per heavy atom. The second-order valence-electron chi connectivity index (χ2n) is 7.02. The predicted octanol–water partition coefficient (Wildman–Crippen LogP) is 3.12. The summed E-state index contributed by atoms with van der Waals surface area (Å²) in [6, 6.07) is 0.228. The number of guanidine groups is 1. The van der Waals surface area contributed by atoms with Gasteiger partial charge in [-0.1, -0.05) is 13.8 Å². The van der Waals surface area contributed by atoms with Gasteiger partial charge < -0.3 is 20.7 Å². The van der Waals surface area contributed by atoms with E-state index in [4.69, 9.17) is 4.74 Å². The molecule has 1 amide bonds. The molecular weight excluding hydrogens is 407 g/mol. The van der Waals surface area contributed by atoms with Crippen molar-refractivity contribution in [3.63, 3.8) is 0 Å². The molecule has 1 atom stereocenters. The van der Waals surface area contributed by atoms with Crippen molar-refractivity contribution in [3.05, 3.63) is 0 Å². The number of nitrogens with one attached hydrogen (secondary N) is 3. The maximum Gasteiger partial charge on any atom is 0.407 e. The fourth-order valence-electron chi connectivity index (χ4n) is 1.67. The van der Waals surface area contributed by atoms with Crippen LogP contribution in [0.4, 0.5) is 4.79 Å². The number of alkyl carbamates (subject to hydrolysis) is 1. The summed E-state index contributed by atoms with van der Waals surface area (Å²) < 4.78 is 5.31. The third-order valence-electron chi connectivity index (χ3n) is 2.72. The number of halogens is 1. The molecule has 0 rings (SSSR count). The number of carbonyl (C=O) groups is 1. The van der Waals surface area contributed by atoms with Gasteiger partial charge in [0.15, 0.2) is 5.96 Å². The molecule has 138 valence electrons. The molecule has 0 aromatic heterocycles. The van der Waals surface area contributed by atoms with Gasteiger partial charge in [0.1, 0.15) is 5.60 Å². The molecule has 0 fully saturated rings. The Labute approximate surface area is 158 Å². The van der Waals surface area contributed by atoms with Crippen molar-refractivity contribution in [3.8, 4) is 0 Å². The molecule has 3 N–H and O–H groups in total. The first-order valence-corrected chi connectivity index (χ1v) is 8.09. The average molecular weight is 442 g/mol. The Kier molecular flexibility index (Phi) is 12.5. The molecule has 0 aromatic rings. The molecule has 0 saturated heterocycles. The van der Waals surface area contributed by atoms with E-state index in [-0.39, 0.29) is 35.9 Å². The highest BCUT2D eigenvalue weighted by Gasteiger charge is 2.21. The lowest BCUT2D eigenvalue weighted by molar-refractivity contribution is 0.0493. The van der Waals surface area contributed by atoms with Gasteiger partial charge in [-0.3, -0.25) is 4.99 Å². The van der Waals surface area contributed by atoms with Crippen LogP contribution in [0.3, 0.4) is 0 Å². The van der Waals surface area contributed by atoms with Gasteiger partial charge >= 0.3 is 6.09 Å². The molecule has 0 spiro atoms. The Morgan fingerprint density at radius 1 is 1.13 bits per heavy atom. The van der Waals surface area contributed by atoms with Crippen LogP contribution in [0.1, 0.15) is 55.4 Å². The lowest BCUT2D eigenvalue weighted by atomic mass is 10.1. The van der Waals surface area contributed by atoms with Crippen molar-refractivity contribution in [1.82, 2.24) is 16.0 Å². The van der Waals surface area contributed by atoms with Gasteiger partial charge in [0.2, 0.25) is 0 Å². The van der Waals surface area contributed by atoms with E-state index in [1.165, 1.54) is 0 Å². The number of rotatable bonds is 6. The number of hydrogen-bond acceptors (Lipinski definition) is 3. The van der Waals surface area contributed by atoms with Crippen LogP contribution in [0.15, 0.2) is 4.99 Å². The normalized spacial score (nSPS) is 13.4. The smallest absolute Gasteiger partial charge is 0.407 e. The van der Waals surface area contributed by atoms with Crippen molar-refractivity contribution >= 4 is 36.0 Å². The Morgan fingerprint density at radius 2 is 1.70 bits per heavy atom.